The lowest BCUT2D eigenvalue weighted by Crippen LogP contribution is -1.97. The number of hydrogen-bond donors (Lipinski definition) is 0. The van der Waals surface area contributed by atoms with Gasteiger partial charge in [-0.15, -0.1) is 0 Å². The average Bonchev–Trinajstić information content (AvgIpc) is 2.07. The summed E-state index contributed by atoms with van der Waals surface area (Å²) in [6, 6.07) is 0. The molecule has 0 saturated heterocycles. The van der Waals surface area contributed by atoms with Crippen molar-refractivity contribution in [1.29, 1.82) is 0 Å². The zero-order valence-corrected chi connectivity index (χ0v) is 7.66. The zero-order valence-electron chi connectivity index (χ0n) is 7.66. The summed E-state index contributed by atoms with van der Waals surface area (Å²) in [5, 5.41) is 0. The fourth-order valence-corrected chi connectivity index (χ4v) is 1.31. The highest BCUT2D eigenvalue weighted by molar-refractivity contribution is 5.34. The van der Waals surface area contributed by atoms with Gasteiger partial charge in [0, 0.05) is 0 Å². The summed E-state index contributed by atoms with van der Waals surface area (Å²) in [6.07, 6.45) is 3.99. The summed E-state index contributed by atoms with van der Waals surface area (Å²) in [4.78, 5) is 0. The Labute approximate surface area is 75.0 Å². The smallest absolute Gasteiger partial charge is 0.0242 e. The third-order valence-corrected chi connectivity index (χ3v) is 2.46. The second kappa shape index (κ2) is 3.57. The molecule has 1 rings (SSSR count). The van der Waals surface area contributed by atoms with Crippen molar-refractivity contribution < 1.29 is 0 Å². The van der Waals surface area contributed by atoms with Crippen molar-refractivity contribution in [1.82, 2.24) is 0 Å². The van der Waals surface area contributed by atoms with Crippen LogP contribution >= 0.6 is 0 Å². The van der Waals surface area contributed by atoms with Crippen LogP contribution in [0, 0.1) is 0 Å². The van der Waals surface area contributed by atoms with Crippen LogP contribution < -0.4 is 0 Å². The second-order valence-corrected chi connectivity index (χ2v) is 3.41. The third-order valence-electron chi connectivity index (χ3n) is 2.46. The van der Waals surface area contributed by atoms with Crippen LogP contribution in [-0.2, 0) is 0 Å². The molecule has 0 aromatic heterocycles. The summed E-state index contributed by atoms with van der Waals surface area (Å²) >= 11 is 0. The largest absolute Gasteiger partial charge is 0.0956 e. The Morgan fingerprint density at radius 1 is 0.500 bits per heavy atom. The molecule has 0 aliphatic heterocycles. The maximum Gasteiger partial charge on any atom is -0.0242 e. The molecule has 0 amide bonds. The van der Waals surface area contributed by atoms with E-state index in [-0.39, 0.29) is 0 Å². The molecule has 0 bridgehead atoms. The standard InChI is InChI=1S/C12H16/c1-9-5-6-11(3)12(4)8-7-10(9)2/h1-8H2. The minimum Gasteiger partial charge on any atom is -0.0956 e. The predicted octanol–water partition coefficient (Wildman–Crippen LogP) is 3.79. The lowest BCUT2D eigenvalue weighted by atomic mass is 9.89. The van der Waals surface area contributed by atoms with Crippen molar-refractivity contribution in [3.05, 3.63) is 48.6 Å². The van der Waals surface area contributed by atoms with E-state index >= 15 is 0 Å². The van der Waals surface area contributed by atoms with E-state index in [0.29, 0.717) is 0 Å². The van der Waals surface area contributed by atoms with Crippen LogP contribution in [0.15, 0.2) is 48.6 Å². The quantitative estimate of drug-likeness (QED) is 0.506. The van der Waals surface area contributed by atoms with Crippen molar-refractivity contribution >= 4 is 0 Å². The SMILES string of the molecule is C=C1CCC(=C)C(=C)CCC1=C. The molecule has 0 heterocycles. The first-order valence-electron chi connectivity index (χ1n) is 4.33. The number of rotatable bonds is 0. The minimum atomic E-state index is 0.997. The van der Waals surface area contributed by atoms with Crippen LogP contribution in [0.5, 0.6) is 0 Å². The van der Waals surface area contributed by atoms with Crippen molar-refractivity contribution in [2.24, 2.45) is 0 Å². The highest BCUT2D eigenvalue weighted by Gasteiger charge is 2.09. The molecular formula is C12H16. The maximum absolute atomic E-state index is 3.99. The Balaban J connectivity index is 2.69. The lowest BCUT2D eigenvalue weighted by Gasteiger charge is -2.17. The number of hydrogen-bond acceptors (Lipinski definition) is 0. The zero-order chi connectivity index (χ0) is 9.14. The van der Waals surface area contributed by atoms with Gasteiger partial charge in [-0.2, -0.15) is 0 Å². The Morgan fingerprint density at radius 2 is 0.667 bits per heavy atom. The molecule has 64 valence electrons. The van der Waals surface area contributed by atoms with E-state index in [1.165, 1.54) is 22.3 Å². The Hall–Kier alpha value is -1.04. The molecule has 1 aliphatic carbocycles. The van der Waals surface area contributed by atoms with E-state index < -0.39 is 0 Å². The first-order chi connectivity index (χ1) is 5.61. The van der Waals surface area contributed by atoms with Gasteiger partial charge in [0.25, 0.3) is 0 Å². The van der Waals surface area contributed by atoms with Gasteiger partial charge in [0.2, 0.25) is 0 Å². The lowest BCUT2D eigenvalue weighted by molar-refractivity contribution is 0.834. The fourth-order valence-electron chi connectivity index (χ4n) is 1.31. The molecule has 0 heteroatoms. The molecule has 1 saturated carbocycles. The van der Waals surface area contributed by atoms with Gasteiger partial charge in [-0.3, -0.25) is 0 Å². The molecule has 0 N–H and O–H groups in total. The molecule has 12 heavy (non-hydrogen) atoms. The summed E-state index contributed by atoms with van der Waals surface area (Å²) in [6.45, 7) is 15.9. The van der Waals surface area contributed by atoms with E-state index in [1.807, 2.05) is 0 Å². The summed E-state index contributed by atoms with van der Waals surface area (Å²) < 4.78 is 0. The van der Waals surface area contributed by atoms with Crippen LogP contribution in [0.25, 0.3) is 0 Å². The third kappa shape index (κ3) is 1.97. The molecule has 0 aromatic carbocycles. The summed E-state index contributed by atoms with van der Waals surface area (Å²) in [5.41, 5.74) is 4.74. The van der Waals surface area contributed by atoms with Crippen LogP contribution in [0.3, 0.4) is 0 Å². The van der Waals surface area contributed by atoms with Crippen molar-refractivity contribution in [3.63, 3.8) is 0 Å². The first kappa shape index (κ1) is 9.05. The van der Waals surface area contributed by atoms with Gasteiger partial charge in [0.15, 0.2) is 0 Å². The van der Waals surface area contributed by atoms with Gasteiger partial charge in [-0.05, 0) is 25.7 Å². The second-order valence-electron chi connectivity index (χ2n) is 3.41. The highest BCUT2D eigenvalue weighted by atomic mass is 14.1. The Bertz CT molecular complexity index is 197. The van der Waals surface area contributed by atoms with Crippen molar-refractivity contribution in [2.45, 2.75) is 25.7 Å². The molecule has 0 spiro atoms. The van der Waals surface area contributed by atoms with Gasteiger partial charge in [-0.1, -0.05) is 48.6 Å². The van der Waals surface area contributed by atoms with Gasteiger partial charge in [0.1, 0.15) is 0 Å². The van der Waals surface area contributed by atoms with Gasteiger partial charge >= 0.3 is 0 Å². The van der Waals surface area contributed by atoms with E-state index in [9.17, 15) is 0 Å². The van der Waals surface area contributed by atoms with E-state index in [4.69, 9.17) is 0 Å². The van der Waals surface area contributed by atoms with Gasteiger partial charge in [-0.25, -0.2) is 0 Å². The van der Waals surface area contributed by atoms with E-state index in [2.05, 4.69) is 26.3 Å². The van der Waals surface area contributed by atoms with Gasteiger partial charge in [0.05, 0.1) is 0 Å². The molecule has 0 atom stereocenters. The first-order valence-corrected chi connectivity index (χ1v) is 4.33. The van der Waals surface area contributed by atoms with E-state index in [1.54, 1.807) is 0 Å². The van der Waals surface area contributed by atoms with Gasteiger partial charge < -0.3 is 0 Å². The molecule has 0 aromatic rings. The Kier molecular flexibility index (Phi) is 2.69. The minimum absolute atomic E-state index is 0.997. The van der Waals surface area contributed by atoms with Crippen LogP contribution in [-0.4, -0.2) is 0 Å². The van der Waals surface area contributed by atoms with Crippen LogP contribution in [0.4, 0.5) is 0 Å². The van der Waals surface area contributed by atoms with Crippen molar-refractivity contribution in [3.8, 4) is 0 Å². The maximum atomic E-state index is 3.99. The Morgan fingerprint density at radius 3 is 0.833 bits per heavy atom. The summed E-state index contributed by atoms with van der Waals surface area (Å²) in [7, 11) is 0. The molecular weight excluding hydrogens is 144 g/mol. The normalized spacial score (nSPS) is 20.7. The predicted molar refractivity (Wildman–Crippen MR) is 55.0 cm³/mol. The highest BCUT2D eigenvalue weighted by Crippen LogP contribution is 2.28. The van der Waals surface area contributed by atoms with E-state index in [0.717, 1.165) is 25.7 Å². The monoisotopic (exact) mass is 160 g/mol. The van der Waals surface area contributed by atoms with Crippen LogP contribution in [0.2, 0.25) is 0 Å². The van der Waals surface area contributed by atoms with Crippen molar-refractivity contribution in [2.75, 3.05) is 0 Å². The number of allylic oxidation sites excluding steroid dienone is 4. The average molecular weight is 160 g/mol. The molecule has 1 fully saturated rings. The molecule has 0 radical (unpaired) electrons. The molecule has 1 aliphatic rings. The summed E-state index contributed by atoms with van der Waals surface area (Å²) in [5.74, 6) is 0. The molecule has 0 nitrogen and oxygen atoms in total. The topological polar surface area (TPSA) is 0 Å². The van der Waals surface area contributed by atoms with Crippen LogP contribution in [0.1, 0.15) is 25.7 Å². The molecule has 0 unspecified atom stereocenters. The fraction of sp³-hybridized carbons (Fsp3) is 0.333.